The van der Waals surface area contributed by atoms with Crippen LogP contribution in [0.15, 0.2) is 6.20 Å². The molecule has 1 saturated heterocycles. The summed E-state index contributed by atoms with van der Waals surface area (Å²) in [7, 11) is 0. The van der Waals surface area contributed by atoms with Crippen LogP contribution in [-0.4, -0.2) is 21.5 Å². The van der Waals surface area contributed by atoms with Gasteiger partial charge in [0.15, 0.2) is 0 Å². The molecule has 1 atom stereocenters. The van der Waals surface area contributed by atoms with Gasteiger partial charge in [-0.15, -0.1) is 5.10 Å². The maximum Gasteiger partial charge on any atom is 0.116 e. The monoisotopic (exact) mass is 124 g/mol. The van der Waals surface area contributed by atoms with Gasteiger partial charge in [-0.25, -0.2) is 4.68 Å². The molecule has 48 valence electrons. The van der Waals surface area contributed by atoms with Gasteiger partial charge in [0.1, 0.15) is 6.17 Å². The van der Waals surface area contributed by atoms with Crippen LogP contribution in [0.25, 0.3) is 0 Å². The molecule has 0 bridgehead atoms. The lowest BCUT2D eigenvalue weighted by atomic mass is 10.6. The van der Waals surface area contributed by atoms with Crippen molar-refractivity contribution in [1.82, 2.24) is 20.3 Å². The Kier molecular flexibility index (Phi) is 0.843. The van der Waals surface area contributed by atoms with Gasteiger partial charge in [0, 0.05) is 6.54 Å². The third-order valence-corrected chi connectivity index (χ3v) is 1.33. The van der Waals surface area contributed by atoms with Crippen LogP contribution >= 0.6 is 0 Å². The van der Waals surface area contributed by atoms with Gasteiger partial charge in [-0.1, -0.05) is 5.21 Å². The molecule has 2 heterocycles. The van der Waals surface area contributed by atoms with E-state index in [0.717, 1.165) is 12.2 Å². The van der Waals surface area contributed by atoms with E-state index in [2.05, 4.69) is 15.6 Å². The van der Waals surface area contributed by atoms with Crippen LogP contribution in [0.3, 0.4) is 0 Å². The van der Waals surface area contributed by atoms with Crippen LogP contribution in [-0.2, 0) is 0 Å². The largest absolute Gasteiger partial charge is 0.291 e. The van der Waals surface area contributed by atoms with Crippen molar-refractivity contribution in [3.05, 3.63) is 11.9 Å². The number of hydrogen-bond acceptors (Lipinski definition) is 3. The number of hydrogen-bond donors (Lipinski definition) is 1. The first-order valence-corrected chi connectivity index (χ1v) is 2.98. The van der Waals surface area contributed by atoms with Crippen LogP contribution in [0.5, 0.6) is 0 Å². The average Bonchev–Trinajstić information content (AvgIpc) is 2.58. The molecule has 1 aromatic rings. The lowest BCUT2D eigenvalue weighted by Gasteiger charge is -1.87. The van der Waals surface area contributed by atoms with E-state index < -0.39 is 0 Å². The fourth-order valence-corrected chi connectivity index (χ4v) is 0.757. The molecule has 1 unspecified atom stereocenters. The normalized spacial score (nSPS) is 24.3. The number of rotatable bonds is 1. The minimum atomic E-state index is 0.422. The van der Waals surface area contributed by atoms with Gasteiger partial charge in [-0.2, -0.15) is 0 Å². The summed E-state index contributed by atoms with van der Waals surface area (Å²) in [5.74, 6) is 0. The van der Waals surface area contributed by atoms with E-state index in [1.54, 1.807) is 0 Å². The molecular weight excluding hydrogens is 116 g/mol. The summed E-state index contributed by atoms with van der Waals surface area (Å²) in [5, 5.41) is 10.9. The van der Waals surface area contributed by atoms with Crippen LogP contribution in [0.2, 0.25) is 0 Å². The van der Waals surface area contributed by atoms with E-state index in [-0.39, 0.29) is 0 Å². The highest BCUT2D eigenvalue weighted by molar-refractivity contribution is 4.91. The van der Waals surface area contributed by atoms with Crippen LogP contribution in [0.4, 0.5) is 0 Å². The van der Waals surface area contributed by atoms with Crippen molar-refractivity contribution < 1.29 is 0 Å². The van der Waals surface area contributed by atoms with Crippen molar-refractivity contribution in [2.45, 2.75) is 13.1 Å². The van der Waals surface area contributed by atoms with Gasteiger partial charge in [0.05, 0.1) is 11.9 Å². The lowest BCUT2D eigenvalue weighted by Crippen LogP contribution is -1.97. The fourth-order valence-electron chi connectivity index (χ4n) is 0.757. The quantitative estimate of drug-likeness (QED) is 0.522. The molecule has 0 amide bonds. The second-order valence-corrected chi connectivity index (χ2v) is 2.26. The van der Waals surface area contributed by atoms with E-state index in [0.29, 0.717) is 6.17 Å². The van der Waals surface area contributed by atoms with Gasteiger partial charge >= 0.3 is 0 Å². The number of nitrogens with one attached hydrogen (secondary N) is 1. The van der Waals surface area contributed by atoms with E-state index in [4.69, 9.17) is 0 Å². The zero-order valence-corrected chi connectivity index (χ0v) is 5.20. The van der Waals surface area contributed by atoms with Crippen LogP contribution < -0.4 is 5.32 Å². The Morgan fingerprint density at radius 1 is 1.89 bits per heavy atom. The van der Waals surface area contributed by atoms with E-state index in [1.165, 1.54) is 0 Å². The van der Waals surface area contributed by atoms with Crippen molar-refractivity contribution >= 4 is 0 Å². The van der Waals surface area contributed by atoms with Crippen molar-refractivity contribution in [3.63, 3.8) is 0 Å². The highest BCUT2D eigenvalue weighted by Crippen LogP contribution is 2.10. The second kappa shape index (κ2) is 1.54. The molecule has 0 spiro atoms. The van der Waals surface area contributed by atoms with Crippen molar-refractivity contribution in [2.24, 2.45) is 0 Å². The smallest absolute Gasteiger partial charge is 0.116 e. The van der Waals surface area contributed by atoms with E-state index in [1.807, 2.05) is 17.8 Å². The molecule has 1 fully saturated rings. The van der Waals surface area contributed by atoms with Crippen molar-refractivity contribution in [1.29, 1.82) is 0 Å². The second-order valence-electron chi connectivity index (χ2n) is 2.26. The Bertz CT molecular complexity index is 212. The number of aryl methyl sites for hydroxylation is 1. The predicted octanol–water partition coefficient (Wildman–Crippen LogP) is -0.312. The third kappa shape index (κ3) is 0.810. The van der Waals surface area contributed by atoms with Crippen LogP contribution in [0, 0.1) is 6.92 Å². The molecule has 0 saturated carbocycles. The Morgan fingerprint density at radius 3 is 3.11 bits per heavy atom. The molecule has 0 radical (unpaired) electrons. The summed E-state index contributed by atoms with van der Waals surface area (Å²) in [6, 6.07) is 0. The molecule has 1 aromatic heterocycles. The van der Waals surface area contributed by atoms with Crippen LogP contribution in [0.1, 0.15) is 11.9 Å². The molecule has 2 rings (SSSR count). The Balaban J connectivity index is 2.28. The SMILES string of the molecule is Cc1cn(C2CN2)nn1. The van der Waals surface area contributed by atoms with Crippen molar-refractivity contribution in [3.8, 4) is 0 Å². The van der Waals surface area contributed by atoms with Gasteiger partial charge in [-0.05, 0) is 6.92 Å². The van der Waals surface area contributed by atoms with Gasteiger partial charge in [-0.3, -0.25) is 5.32 Å². The average molecular weight is 124 g/mol. The first kappa shape index (κ1) is 4.93. The molecular formula is C5H8N4. The molecule has 1 N–H and O–H groups in total. The predicted molar refractivity (Wildman–Crippen MR) is 31.8 cm³/mol. The first-order chi connectivity index (χ1) is 4.36. The molecule has 4 nitrogen and oxygen atoms in total. The third-order valence-electron chi connectivity index (χ3n) is 1.33. The fraction of sp³-hybridized carbons (Fsp3) is 0.600. The summed E-state index contributed by atoms with van der Waals surface area (Å²) < 4.78 is 1.84. The molecule has 0 aromatic carbocycles. The van der Waals surface area contributed by atoms with E-state index in [9.17, 15) is 0 Å². The minimum Gasteiger partial charge on any atom is -0.291 e. The molecule has 1 aliphatic rings. The summed E-state index contributed by atoms with van der Waals surface area (Å²) >= 11 is 0. The highest BCUT2D eigenvalue weighted by atomic mass is 15.5. The van der Waals surface area contributed by atoms with Gasteiger partial charge in [0.25, 0.3) is 0 Å². The summed E-state index contributed by atoms with van der Waals surface area (Å²) in [4.78, 5) is 0. The molecule has 0 aliphatic carbocycles. The Labute approximate surface area is 52.9 Å². The summed E-state index contributed by atoms with van der Waals surface area (Å²) in [6.45, 7) is 2.97. The molecule has 1 aliphatic heterocycles. The standard InChI is InChI=1S/C5H8N4/c1-4-3-9(8-7-4)5-2-6-5/h3,5-6H,2H2,1H3. The van der Waals surface area contributed by atoms with Crippen molar-refractivity contribution in [2.75, 3.05) is 6.54 Å². The van der Waals surface area contributed by atoms with E-state index >= 15 is 0 Å². The van der Waals surface area contributed by atoms with Gasteiger partial charge in [0.2, 0.25) is 0 Å². The minimum absolute atomic E-state index is 0.422. The topological polar surface area (TPSA) is 52.7 Å². The first-order valence-electron chi connectivity index (χ1n) is 2.98. The maximum atomic E-state index is 3.88. The zero-order valence-electron chi connectivity index (χ0n) is 5.20. The highest BCUT2D eigenvalue weighted by Gasteiger charge is 2.22. The summed E-state index contributed by atoms with van der Waals surface area (Å²) in [5.41, 5.74) is 0.976. The lowest BCUT2D eigenvalue weighted by molar-refractivity contribution is 0.602. The molecule has 4 heteroatoms. The number of aromatic nitrogens is 3. The Morgan fingerprint density at radius 2 is 2.67 bits per heavy atom. The molecule has 9 heavy (non-hydrogen) atoms. The number of nitrogens with zero attached hydrogens (tertiary/aromatic N) is 3. The maximum absolute atomic E-state index is 3.88. The Hall–Kier alpha value is -0.900. The summed E-state index contributed by atoms with van der Waals surface area (Å²) in [6.07, 6.45) is 2.36. The zero-order chi connectivity index (χ0) is 6.27. The van der Waals surface area contributed by atoms with Gasteiger partial charge < -0.3 is 0 Å².